The van der Waals surface area contributed by atoms with Crippen molar-refractivity contribution in [3.8, 4) is 0 Å². The van der Waals surface area contributed by atoms with E-state index in [1.807, 2.05) is 20.8 Å². The summed E-state index contributed by atoms with van der Waals surface area (Å²) in [7, 11) is 0. The van der Waals surface area contributed by atoms with Crippen LogP contribution < -0.4 is 0 Å². The summed E-state index contributed by atoms with van der Waals surface area (Å²) in [4.78, 5) is 0. The van der Waals surface area contributed by atoms with Crippen LogP contribution >= 0.6 is 11.6 Å². The van der Waals surface area contributed by atoms with Gasteiger partial charge in [0.15, 0.2) is 16.6 Å². The molecule has 3 rings (SSSR count). The van der Waals surface area contributed by atoms with E-state index in [0.29, 0.717) is 17.2 Å². The molecule has 1 aliphatic rings. The molecular weight excluding hydrogens is 276 g/mol. The summed E-state index contributed by atoms with van der Waals surface area (Å²) in [6, 6.07) is 0. The highest BCUT2D eigenvalue weighted by Crippen LogP contribution is 2.32. The number of halogens is 1. The highest BCUT2D eigenvalue weighted by molar-refractivity contribution is 6.30. The van der Waals surface area contributed by atoms with Gasteiger partial charge in [-0.3, -0.25) is 0 Å². The maximum absolute atomic E-state index is 6.16. The third-order valence-corrected chi connectivity index (χ3v) is 4.53. The van der Waals surface area contributed by atoms with Gasteiger partial charge in [0, 0.05) is 18.6 Å². The molecule has 0 aromatic carbocycles. The molecule has 1 aliphatic carbocycles. The first-order valence-electron chi connectivity index (χ1n) is 7.08. The van der Waals surface area contributed by atoms with Crippen LogP contribution in [0.2, 0.25) is 5.15 Å². The van der Waals surface area contributed by atoms with Crippen LogP contribution in [0.4, 0.5) is 0 Å². The zero-order chi connectivity index (χ0) is 14.3. The molecule has 0 radical (unpaired) electrons. The topological polar surface area (TPSA) is 52.3 Å². The Hall–Kier alpha value is -1.20. The predicted molar refractivity (Wildman–Crippen MR) is 77.1 cm³/mol. The predicted octanol–water partition coefficient (Wildman–Crippen LogP) is 2.75. The van der Waals surface area contributed by atoms with Crippen LogP contribution in [0.5, 0.6) is 0 Å². The number of ether oxygens (including phenoxy) is 1. The molecule has 108 valence electrons. The van der Waals surface area contributed by atoms with Gasteiger partial charge >= 0.3 is 0 Å². The molecular formula is C14H19ClN4O. The van der Waals surface area contributed by atoms with Gasteiger partial charge in [0.25, 0.3) is 0 Å². The summed E-state index contributed by atoms with van der Waals surface area (Å²) in [6.45, 7) is 6.79. The van der Waals surface area contributed by atoms with E-state index in [-0.39, 0.29) is 0 Å². The lowest BCUT2D eigenvalue weighted by Gasteiger charge is -2.34. The highest BCUT2D eigenvalue weighted by Gasteiger charge is 2.31. The van der Waals surface area contributed by atoms with E-state index >= 15 is 0 Å². The van der Waals surface area contributed by atoms with E-state index in [9.17, 15) is 0 Å². The fourth-order valence-electron chi connectivity index (χ4n) is 2.73. The molecule has 20 heavy (non-hydrogen) atoms. The number of rotatable bonds is 4. The van der Waals surface area contributed by atoms with E-state index in [1.165, 1.54) is 0 Å². The molecule has 0 spiro atoms. The second-order valence-corrected chi connectivity index (χ2v) is 5.87. The average Bonchev–Trinajstić information content (AvgIpc) is 2.77. The van der Waals surface area contributed by atoms with Crippen molar-refractivity contribution in [3.63, 3.8) is 0 Å². The zero-order valence-electron chi connectivity index (χ0n) is 12.1. The summed E-state index contributed by atoms with van der Waals surface area (Å²) in [5.41, 5.74) is 2.82. The molecule has 0 aliphatic heterocycles. The Kier molecular flexibility index (Phi) is 3.65. The molecule has 0 amide bonds. The van der Waals surface area contributed by atoms with Gasteiger partial charge < -0.3 is 4.74 Å². The SMILES string of the molecule is CCOC1CC(Cc2nnc3c(C)c(C)c(Cl)nn23)C1. The van der Waals surface area contributed by atoms with Gasteiger partial charge in [-0.1, -0.05) is 11.6 Å². The summed E-state index contributed by atoms with van der Waals surface area (Å²) in [5.74, 6) is 1.51. The van der Waals surface area contributed by atoms with Gasteiger partial charge in [0.1, 0.15) is 0 Å². The fraction of sp³-hybridized carbons (Fsp3) is 0.643. The minimum Gasteiger partial charge on any atom is -0.378 e. The molecule has 6 heteroatoms. The van der Waals surface area contributed by atoms with Crippen LogP contribution in [0.3, 0.4) is 0 Å². The quantitative estimate of drug-likeness (QED) is 0.870. The van der Waals surface area contributed by atoms with Gasteiger partial charge in [0.05, 0.1) is 6.10 Å². The largest absolute Gasteiger partial charge is 0.378 e. The minimum absolute atomic E-state index is 0.421. The Morgan fingerprint density at radius 3 is 2.70 bits per heavy atom. The average molecular weight is 295 g/mol. The summed E-state index contributed by atoms with van der Waals surface area (Å²) in [6.07, 6.45) is 3.50. The number of hydrogen-bond donors (Lipinski definition) is 0. The number of hydrogen-bond acceptors (Lipinski definition) is 4. The van der Waals surface area contributed by atoms with Crippen molar-refractivity contribution in [2.75, 3.05) is 6.61 Å². The van der Waals surface area contributed by atoms with E-state index in [4.69, 9.17) is 16.3 Å². The molecule has 0 unspecified atom stereocenters. The highest BCUT2D eigenvalue weighted by atomic mass is 35.5. The lowest BCUT2D eigenvalue weighted by atomic mass is 9.80. The number of fused-ring (bicyclic) bond motifs is 1. The van der Waals surface area contributed by atoms with Gasteiger partial charge in [-0.05, 0) is 45.1 Å². The Bertz CT molecular complexity index is 634. The molecule has 0 bridgehead atoms. The second-order valence-electron chi connectivity index (χ2n) is 5.51. The Morgan fingerprint density at radius 2 is 2.00 bits per heavy atom. The minimum atomic E-state index is 0.421. The molecule has 0 saturated heterocycles. The molecule has 2 aromatic heterocycles. The molecule has 1 saturated carbocycles. The third kappa shape index (κ3) is 2.29. The molecule has 0 atom stereocenters. The lowest BCUT2D eigenvalue weighted by molar-refractivity contribution is -0.0246. The fourth-order valence-corrected chi connectivity index (χ4v) is 2.95. The standard InChI is InChI=1S/C14H19ClN4O/c1-4-20-11-5-10(6-11)7-12-16-17-14-9(3)8(2)13(15)18-19(12)14/h10-11H,4-7H2,1-3H3. The number of nitrogens with zero attached hydrogens (tertiary/aromatic N) is 4. The Morgan fingerprint density at radius 1 is 1.25 bits per heavy atom. The van der Waals surface area contributed by atoms with Crippen LogP contribution in [0, 0.1) is 19.8 Å². The molecule has 2 aromatic rings. The first-order chi connectivity index (χ1) is 9.60. The number of aromatic nitrogens is 4. The van der Waals surface area contributed by atoms with Gasteiger partial charge in [-0.25, -0.2) is 0 Å². The van der Waals surface area contributed by atoms with Crippen LogP contribution in [0.25, 0.3) is 5.65 Å². The van der Waals surface area contributed by atoms with Crippen molar-refractivity contribution in [2.24, 2.45) is 5.92 Å². The monoisotopic (exact) mass is 294 g/mol. The van der Waals surface area contributed by atoms with Crippen molar-refractivity contribution in [3.05, 3.63) is 22.1 Å². The number of aryl methyl sites for hydroxylation is 1. The first-order valence-corrected chi connectivity index (χ1v) is 7.46. The van der Waals surface area contributed by atoms with Gasteiger partial charge in [0.2, 0.25) is 0 Å². The molecule has 0 N–H and O–H groups in total. The van der Waals surface area contributed by atoms with Crippen molar-refractivity contribution >= 4 is 17.2 Å². The van der Waals surface area contributed by atoms with E-state index in [0.717, 1.165) is 48.5 Å². The van der Waals surface area contributed by atoms with Crippen molar-refractivity contribution in [2.45, 2.75) is 46.1 Å². The van der Waals surface area contributed by atoms with Gasteiger partial charge in [-0.15, -0.1) is 10.2 Å². The molecule has 1 fully saturated rings. The van der Waals surface area contributed by atoms with Crippen LogP contribution in [-0.4, -0.2) is 32.5 Å². The van der Waals surface area contributed by atoms with E-state index in [1.54, 1.807) is 4.52 Å². The Labute approximate surface area is 123 Å². The van der Waals surface area contributed by atoms with Crippen molar-refractivity contribution in [1.82, 2.24) is 19.8 Å². The summed E-state index contributed by atoms with van der Waals surface area (Å²) in [5, 5.41) is 13.4. The van der Waals surface area contributed by atoms with Crippen molar-refractivity contribution in [1.29, 1.82) is 0 Å². The normalized spacial score (nSPS) is 22.2. The third-order valence-electron chi connectivity index (χ3n) is 4.17. The smallest absolute Gasteiger partial charge is 0.181 e. The van der Waals surface area contributed by atoms with Crippen LogP contribution in [0.1, 0.15) is 36.7 Å². The van der Waals surface area contributed by atoms with E-state index < -0.39 is 0 Å². The molecule has 2 heterocycles. The maximum atomic E-state index is 6.16. The first kappa shape index (κ1) is 13.8. The van der Waals surface area contributed by atoms with E-state index in [2.05, 4.69) is 15.3 Å². The zero-order valence-corrected chi connectivity index (χ0v) is 12.8. The van der Waals surface area contributed by atoms with Gasteiger partial charge in [-0.2, -0.15) is 9.61 Å². The molecule has 5 nitrogen and oxygen atoms in total. The summed E-state index contributed by atoms with van der Waals surface area (Å²) >= 11 is 6.16. The Balaban J connectivity index is 1.80. The van der Waals surface area contributed by atoms with Crippen molar-refractivity contribution < 1.29 is 4.74 Å². The second kappa shape index (κ2) is 5.30. The van der Waals surface area contributed by atoms with Crippen LogP contribution in [0.15, 0.2) is 0 Å². The maximum Gasteiger partial charge on any atom is 0.181 e. The van der Waals surface area contributed by atoms with Crippen LogP contribution in [-0.2, 0) is 11.2 Å². The lowest BCUT2D eigenvalue weighted by Crippen LogP contribution is -2.33. The summed E-state index contributed by atoms with van der Waals surface area (Å²) < 4.78 is 7.38.